The van der Waals surface area contributed by atoms with Crippen LogP contribution in [0.2, 0.25) is 0 Å². The van der Waals surface area contributed by atoms with E-state index in [1.807, 2.05) is 18.2 Å². The van der Waals surface area contributed by atoms with Gasteiger partial charge in [-0.1, -0.05) is 188 Å². The van der Waals surface area contributed by atoms with Gasteiger partial charge < -0.3 is 5.73 Å². The van der Waals surface area contributed by atoms with E-state index in [1.54, 1.807) is 0 Å². The van der Waals surface area contributed by atoms with Crippen LogP contribution in [0, 0.1) is 0 Å². The summed E-state index contributed by atoms with van der Waals surface area (Å²) in [5, 5.41) is 18.9. The summed E-state index contributed by atoms with van der Waals surface area (Å²) in [4.78, 5) is 0. The highest BCUT2D eigenvalue weighted by atomic mass is 15.0. The highest BCUT2D eigenvalue weighted by Crippen LogP contribution is 2.40. The van der Waals surface area contributed by atoms with E-state index in [2.05, 4.69) is 187 Å². The van der Waals surface area contributed by atoms with Crippen LogP contribution in [0.5, 0.6) is 0 Å². The van der Waals surface area contributed by atoms with Crippen molar-refractivity contribution in [1.82, 2.24) is 5.32 Å². The summed E-state index contributed by atoms with van der Waals surface area (Å²) in [6.45, 7) is 0. The van der Waals surface area contributed by atoms with Crippen molar-refractivity contribution < 1.29 is 0 Å². The molecule has 0 radical (unpaired) electrons. The molecule has 0 amide bonds. The van der Waals surface area contributed by atoms with E-state index in [0.717, 1.165) is 16.7 Å². The second-order valence-corrected chi connectivity index (χ2v) is 14.3. The largest absolute Gasteiger partial charge is 0.312 e. The van der Waals surface area contributed by atoms with Crippen LogP contribution in [0.25, 0.3) is 81.8 Å². The Kier molecular flexibility index (Phi) is 7.99. The van der Waals surface area contributed by atoms with Crippen LogP contribution in [0.3, 0.4) is 0 Å². The van der Waals surface area contributed by atoms with Crippen LogP contribution in [-0.2, 0) is 0 Å². The molecule has 10 aromatic rings. The molecule has 10 aromatic carbocycles. The SMILES string of the molecule is NC(NC(/C=C/c1ccc(-c2c3ccccc3cc3c2ccc2ccccc23)cc1)c1ccc2c3ccccc3c3ccccc3c2c1)c1ccccc1. The summed E-state index contributed by atoms with van der Waals surface area (Å²) in [5.41, 5.74) is 12.7. The molecule has 0 aromatic heterocycles. The number of rotatable bonds is 7. The molecule has 0 aliphatic heterocycles. The standard InChI is InChI=1S/C52H38N2/c53-52(37-13-2-1-3-14-37)54-50(39-28-29-46-44-20-9-8-18-42(44)43-19-10-11-21-45(43)49(46)33-39)31-24-34-22-25-36(26-23-34)51-41-17-7-5-15-38(41)32-48-40-16-6-4-12-35(40)27-30-47(48)51/h1-33,50,52,54H,53H2/b31-24+. The number of hydrogen-bond acceptors (Lipinski definition) is 2. The predicted molar refractivity (Wildman–Crippen MR) is 232 cm³/mol. The molecular formula is C52H38N2. The van der Waals surface area contributed by atoms with Crippen molar-refractivity contribution in [2.75, 3.05) is 0 Å². The zero-order chi connectivity index (χ0) is 36.0. The van der Waals surface area contributed by atoms with Crippen LogP contribution in [-0.4, -0.2) is 0 Å². The van der Waals surface area contributed by atoms with Gasteiger partial charge in [0.05, 0.1) is 12.2 Å². The lowest BCUT2D eigenvalue weighted by Gasteiger charge is -2.22. The van der Waals surface area contributed by atoms with E-state index < -0.39 is 0 Å². The summed E-state index contributed by atoms with van der Waals surface area (Å²) in [6.07, 6.45) is 4.13. The Morgan fingerprint density at radius 1 is 0.389 bits per heavy atom. The Balaban J connectivity index is 1.06. The molecule has 0 saturated heterocycles. The first-order valence-corrected chi connectivity index (χ1v) is 18.7. The lowest BCUT2D eigenvalue weighted by molar-refractivity contribution is 0.509. The molecule has 10 rings (SSSR count). The first-order valence-electron chi connectivity index (χ1n) is 18.7. The molecule has 0 saturated carbocycles. The van der Waals surface area contributed by atoms with E-state index >= 15 is 0 Å². The quantitative estimate of drug-likeness (QED) is 0.0992. The fourth-order valence-corrected chi connectivity index (χ4v) is 8.43. The lowest BCUT2D eigenvalue weighted by atomic mass is 9.89. The topological polar surface area (TPSA) is 38.0 Å². The summed E-state index contributed by atoms with van der Waals surface area (Å²) in [6, 6.07) is 67.8. The van der Waals surface area contributed by atoms with Crippen LogP contribution in [0.4, 0.5) is 0 Å². The highest BCUT2D eigenvalue weighted by molar-refractivity contribution is 6.25. The summed E-state index contributed by atoms with van der Waals surface area (Å²) in [7, 11) is 0. The second-order valence-electron chi connectivity index (χ2n) is 14.3. The average Bonchev–Trinajstić information content (AvgIpc) is 3.24. The summed E-state index contributed by atoms with van der Waals surface area (Å²) < 4.78 is 0. The van der Waals surface area contributed by atoms with Crippen LogP contribution in [0.1, 0.15) is 28.9 Å². The molecule has 256 valence electrons. The molecule has 2 nitrogen and oxygen atoms in total. The fraction of sp³-hybridized carbons (Fsp3) is 0.0385. The van der Waals surface area contributed by atoms with Crippen LogP contribution in [0.15, 0.2) is 194 Å². The van der Waals surface area contributed by atoms with Crippen molar-refractivity contribution in [2.45, 2.75) is 12.2 Å². The molecular weight excluding hydrogens is 653 g/mol. The number of benzene rings is 10. The number of fused-ring (bicyclic) bond motifs is 10. The van der Waals surface area contributed by atoms with Crippen LogP contribution < -0.4 is 11.1 Å². The first-order chi connectivity index (χ1) is 26.7. The van der Waals surface area contributed by atoms with Gasteiger partial charge in [0.2, 0.25) is 0 Å². The Hall–Kier alpha value is -6.58. The van der Waals surface area contributed by atoms with Crippen molar-refractivity contribution in [3.8, 4) is 11.1 Å². The van der Waals surface area contributed by atoms with Gasteiger partial charge in [0, 0.05) is 0 Å². The Morgan fingerprint density at radius 3 is 1.63 bits per heavy atom. The molecule has 0 fully saturated rings. The van der Waals surface area contributed by atoms with E-state index in [9.17, 15) is 0 Å². The lowest BCUT2D eigenvalue weighted by Crippen LogP contribution is -2.31. The normalized spacial score (nSPS) is 13.1. The molecule has 0 spiro atoms. The molecule has 0 aliphatic rings. The van der Waals surface area contributed by atoms with Gasteiger partial charge in [0.15, 0.2) is 0 Å². The van der Waals surface area contributed by atoms with Crippen molar-refractivity contribution >= 4 is 70.7 Å². The van der Waals surface area contributed by atoms with Crippen molar-refractivity contribution in [2.24, 2.45) is 5.73 Å². The molecule has 3 N–H and O–H groups in total. The number of nitrogens with one attached hydrogen (secondary N) is 1. The Labute approximate surface area is 314 Å². The fourth-order valence-electron chi connectivity index (χ4n) is 8.43. The van der Waals surface area contributed by atoms with Gasteiger partial charge in [-0.05, 0) is 105 Å². The maximum Gasteiger partial charge on any atom is 0.0817 e. The van der Waals surface area contributed by atoms with E-state index in [-0.39, 0.29) is 12.2 Å². The van der Waals surface area contributed by atoms with Crippen LogP contribution >= 0.6 is 0 Å². The molecule has 54 heavy (non-hydrogen) atoms. The van der Waals surface area contributed by atoms with Gasteiger partial charge in [-0.25, -0.2) is 0 Å². The van der Waals surface area contributed by atoms with Gasteiger partial charge in [-0.3, -0.25) is 5.32 Å². The van der Waals surface area contributed by atoms with Crippen molar-refractivity contribution in [1.29, 1.82) is 0 Å². The second kappa shape index (κ2) is 13.4. The monoisotopic (exact) mass is 690 g/mol. The zero-order valence-electron chi connectivity index (χ0n) is 29.8. The number of hydrogen-bond donors (Lipinski definition) is 2. The number of nitrogens with two attached hydrogens (primary N) is 1. The molecule has 0 aliphatic carbocycles. The smallest absolute Gasteiger partial charge is 0.0817 e. The van der Waals surface area contributed by atoms with Gasteiger partial charge in [-0.2, -0.15) is 0 Å². The van der Waals surface area contributed by atoms with Gasteiger partial charge in [0.25, 0.3) is 0 Å². The Morgan fingerprint density at radius 2 is 0.926 bits per heavy atom. The highest BCUT2D eigenvalue weighted by Gasteiger charge is 2.17. The molecule has 2 heteroatoms. The Bertz CT molecular complexity index is 3000. The minimum atomic E-state index is -0.344. The maximum atomic E-state index is 6.84. The third-order valence-corrected chi connectivity index (χ3v) is 11.1. The summed E-state index contributed by atoms with van der Waals surface area (Å²) >= 11 is 0. The predicted octanol–water partition coefficient (Wildman–Crippen LogP) is 13.3. The molecule has 2 atom stereocenters. The zero-order valence-corrected chi connectivity index (χ0v) is 29.8. The summed E-state index contributed by atoms with van der Waals surface area (Å²) in [5.74, 6) is 0. The first kappa shape index (κ1) is 32.1. The molecule has 0 heterocycles. The minimum Gasteiger partial charge on any atom is -0.312 e. The van der Waals surface area contributed by atoms with Gasteiger partial charge in [-0.15, -0.1) is 0 Å². The van der Waals surface area contributed by atoms with Crippen molar-refractivity contribution in [3.63, 3.8) is 0 Å². The molecule has 2 unspecified atom stereocenters. The average molecular weight is 691 g/mol. The van der Waals surface area contributed by atoms with Gasteiger partial charge >= 0.3 is 0 Å². The van der Waals surface area contributed by atoms with E-state index in [4.69, 9.17) is 5.73 Å². The third-order valence-electron chi connectivity index (χ3n) is 11.1. The molecule has 0 bridgehead atoms. The van der Waals surface area contributed by atoms with Gasteiger partial charge in [0.1, 0.15) is 0 Å². The third kappa shape index (κ3) is 5.61. The minimum absolute atomic E-state index is 0.134. The van der Waals surface area contributed by atoms with Crippen molar-refractivity contribution in [3.05, 3.63) is 211 Å². The van der Waals surface area contributed by atoms with E-state index in [1.165, 1.54) is 75.8 Å². The maximum absolute atomic E-state index is 6.84. The van der Waals surface area contributed by atoms with E-state index in [0.29, 0.717) is 0 Å².